The van der Waals surface area contributed by atoms with Gasteiger partial charge >= 0.3 is 0 Å². The molecule has 0 aliphatic carbocycles. The van der Waals surface area contributed by atoms with Gasteiger partial charge in [0.1, 0.15) is 0 Å². The van der Waals surface area contributed by atoms with E-state index in [9.17, 15) is 19.3 Å². The average Bonchev–Trinajstić information content (AvgIpc) is 2.31. The molecule has 1 aromatic carbocycles. The Morgan fingerprint density at radius 3 is 2.89 bits per heavy atom. The lowest BCUT2D eigenvalue weighted by atomic mass is 10.2. The van der Waals surface area contributed by atoms with Crippen LogP contribution in [0.5, 0.6) is 0 Å². The Balaban J connectivity index is 2.81. The fourth-order valence-corrected chi connectivity index (χ4v) is 1.22. The van der Waals surface area contributed by atoms with E-state index in [1.165, 1.54) is 6.07 Å². The summed E-state index contributed by atoms with van der Waals surface area (Å²) in [5.74, 6) is 0.776. The Morgan fingerprint density at radius 2 is 2.28 bits per heavy atom. The van der Waals surface area contributed by atoms with Crippen LogP contribution in [-0.4, -0.2) is 23.9 Å². The number of nitro benzene ring substituents is 1. The highest BCUT2D eigenvalue weighted by atomic mass is 19.1. The third-order valence-corrected chi connectivity index (χ3v) is 1.97. The van der Waals surface area contributed by atoms with Gasteiger partial charge in [-0.2, -0.15) is 0 Å². The third kappa shape index (κ3) is 3.54. The van der Waals surface area contributed by atoms with E-state index in [1.807, 2.05) is 0 Å². The van der Waals surface area contributed by atoms with Gasteiger partial charge in [-0.15, -0.1) is 6.42 Å². The van der Waals surface area contributed by atoms with Crippen LogP contribution >= 0.6 is 0 Å². The lowest BCUT2D eigenvalue weighted by Gasteiger charge is -2.06. The van der Waals surface area contributed by atoms with Gasteiger partial charge in [0, 0.05) is 6.07 Å². The molecule has 1 rings (SSSR count). The van der Waals surface area contributed by atoms with Gasteiger partial charge in [-0.3, -0.25) is 20.2 Å². The summed E-state index contributed by atoms with van der Waals surface area (Å²) in [6.45, 7) is 0.0163. The van der Waals surface area contributed by atoms with Crippen molar-refractivity contribution in [3.05, 3.63) is 34.1 Å². The zero-order valence-corrected chi connectivity index (χ0v) is 9.27. The van der Waals surface area contributed by atoms with E-state index in [4.69, 9.17) is 6.42 Å². The molecule has 0 heterocycles. The van der Waals surface area contributed by atoms with Crippen molar-refractivity contribution >= 4 is 17.3 Å². The minimum atomic E-state index is -0.866. The van der Waals surface area contributed by atoms with Gasteiger partial charge in [-0.1, -0.05) is 12.0 Å². The summed E-state index contributed by atoms with van der Waals surface area (Å²) >= 11 is 0. The van der Waals surface area contributed by atoms with Crippen LogP contribution in [0, 0.1) is 28.3 Å². The van der Waals surface area contributed by atoms with Crippen molar-refractivity contribution in [2.24, 2.45) is 0 Å². The third-order valence-electron chi connectivity index (χ3n) is 1.97. The fraction of sp³-hybridized carbons (Fsp3) is 0.182. The van der Waals surface area contributed by atoms with E-state index in [0.717, 1.165) is 12.1 Å². The summed E-state index contributed by atoms with van der Waals surface area (Å²) in [4.78, 5) is 21.3. The van der Waals surface area contributed by atoms with Crippen molar-refractivity contribution in [2.75, 3.05) is 18.4 Å². The summed E-state index contributed by atoms with van der Waals surface area (Å²) in [5, 5.41) is 15.4. The van der Waals surface area contributed by atoms with Crippen LogP contribution in [0.1, 0.15) is 0 Å². The number of rotatable bonds is 5. The molecule has 0 saturated carbocycles. The molecular weight excluding hydrogens is 241 g/mol. The first-order chi connectivity index (χ1) is 8.56. The minimum absolute atomic E-state index is 0.157. The monoisotopic (exact) mass is 251 g/mol. The molecule has 0 bridgehead atoms. The fourth-order valence-electron chi connectivity index (χ4n) is 1.22. The largest absolute Gasteiger partial charge is 0.317 e. The Labute approximate surface area is 102 Å². The van der Waals surface area contributed by atoms with Crippen LogP contribution in [0.3, 0.4) is 0 Å². The molecule has 0 saturated heterocycles. The Hall–Kier alpha value is -2.46. The highest BCUT2D eigenvalue weighted by Gasteiger charge is 2.19. The van der Waals surface area contributed by atoms with Crippen molar-refractivity contribution in [3.8, 4) is 12.3 Å². The van der Waals surface area contributed by atoms with Crippen LogP contribution in [0.25, 0.3) is 0 Å². The second kappa shape index (κ2) is 6.32. The van der Waals surface area contributed by atoms with Gasteiger partial charge in [-0.05, 0) is 6.07 Å². The van der Waals surface area contributed by atoms with Crippen LogP contribution < -0.4 is 10.6 Å². The van der Waals surface area contributed by atoms with Gasteiger partial charge < -0.3 is 5.32 Å². The highest BCUT2D eigenvalue weighted by Crippen LogP contribution is 2.26. The van der Waals surface area contributed by atoms with Crippen molar-refractivity contribution < 1.29 is 14.1 Å². The standard InChI is InChI=1S/C11H10FN3O3/c1-2-6-13-7-10(16)14-11-8(12)4-3-5-9(11)15(17)18/h1,3-5,13H,6-7H2,(H,14,16). The minimum Gasteiger partial charge on any atom is -0.317 e. The van der Waals surface area contributed by atoms with E-state index >= 15 is 0 Å². The van der Waals surface area contributed by atoms with E-state index < -0.39 is 28.0 Å². The van der Waals surface area contributed by atoms with Crippen molar-refractivity contribution in [1.82, 2.24) is 5.32 Å². The number of carbonyl (C=O) groups is 1. The Morgan fingerprint density at radius 1 is 1.56 bits per heavy atom. The zero-order chi connectivity index (χ0) is 13.5. The van der Waals surface area contributed by atoms with Gasteiger partial charge in [0.25, 0.3) is 5.69 Å². The maximum atomic E-state index is 13.4. The molecule has 7 heteroatoms. The zero-order valence-electron chi connectivity index (χ0n) is 9.27. The molecule has 6 nitrogen and oxygen atoms in total. The van der Waals surface area contributed by atoms with E-state index in [2.05, 4.69) is 16.6 Å². The molecule has 0 aliphatic heterocycles. The Bertz CT molecular complexity index is 511. The van der Waals surface area contributed by atoms with Crippen molar-refractivity contribution in [1.29, 1.82) is 0 Å². The highest BCUT2D eigenvalue weighted by molar-refractivity contribution is 5.94. The molecule has 1 aromatic rings. The molecule has 2 N–H and O–H groups in total. The van der Waals surface area contributed by atoms with Crippen LogP contribution in [0.15, 0.2) is 18.2 Å². The number of hydrogen-bond acceptors (Lipinski definition) is 4. The number of nitrogens with zero attached hydrogens (tertiary/aromatic N) is 1. The number of nitrogens with one attached hydrogen (secondary N) is 2. The second-order valence-electron chi connectivity index (χ2n) is 3.25. The van der Waals surface area contributed by atoms with Crippen LogP contribution in [0.2, 0.25) is 0 Å². The average molecular weight is 251 g/mol. The van der Waals surface area contributed by atoms with Gasteiger partial charge in [0.05, 0.1) is 18.0 Å². The number of halogens is 1. The SMILES string of the molecule is C#CCNCC(=O)Nc1c(F)cccc1[N+](=O)[O-]. The number of amides is 1. The predicted octanol–water partition coefficient (Wildman–Crippen LogP) is 0.895. The molecule has 94 valence electrons. The van der Waals surface area contributed by atoms with Crippen molar-refractivity contribution in [2.45, 2.75) is 0 Å². The quantitative estimate of drug-likeness (QED) is 0.352. The number of para-hydroxylation sites is 1. The van der Waals surface area contributed by atoms with Gasteiger partial charge in [0.15, 0.2) is 11.5 Å². The number of nitro groups is 1. The number of hydrogen-bond donors (Lipinski definition) is 2. The Kier molecular flexibility index (Phi) is 4.78. The summed E-state index contributed by atoms with van der Waals surface area (Å²) in [7, 11) is 0. The predicted molar refractivity (Wildman–Crippen MR) is 63.4 cm³/mol. The lowest BCUT2D eigenvalue weighted by Crippen LogP contribution is -2.28. The lowest BCUT2D eigenvalue weighted by molar-refractivity contribution is -0.384. The first-order valence-corrected chi connectivity index (χ1v) is 4.93. The van der Waals surface area contributed by atoms with E-state index in [-0.39, 0.29) is 13.1 Å². The summed E-state index contributed by atoms with van der Waals surface area (Å²) < 4.78 is 13.4. The molecule has 18 heavy (non-hydrogen) atoms. The van der Waals surface area contributed by atoms with Crippen LogP contribution in [-0.2, 0) is 4.79 Å². The molecular formula is C11H10FN3O3. The van der Waals surface area contributed by atoms with Crippen LogP contribution in [0.4, 0.5) is 15.8 Å². The van der Waals surface area contributed by atoms with E-state index in [0.29, 0.717) is 0 Å². The molecule has 0 atom stereocenters. The second-order valence-corrected chi connectivity index (χ2v) is 3.25. The molecule has 0 radical (unpaired) electrons. The van der Waals surface area contributed by atoms with Gasteiger partial charge in [-0.25, -0.2) is 4.39 Å². The van der Waals surface area contributed by atoms with E-state index in [1.54, 1.807) is 0 Å². The molecule has 0 fully saturated rings. The summed E-state index contributed by atoms with van der Waals surface area (Å²) in [6, 6.07) is 3.32. The molecule has 0 aliphatic rings. The summed E-state index contributed by atoms with van der Waals surface area (Å²) in [6.07, 6.45) is 4.96. The smallest absolute Gasteiger partial charge is 0.295 e. The first-order valence-electron chi connectivity index (χ1n) is 4.93. The number of anilines is 1. The topological polar surface area (TPSA) is 84.3 Å². The summed E-state index contributed by atoms with van der Waals surface area (Å²) in [5.41, 5.74) is -0.949. The number of carbonyl (C=O) groups excluding carboxylic acids is 1. The van der Waals surface area contributed by atoms with Gasteiger partial charge in [0.2, 0.25) is 5.91 Å². The number of benzene rings is 1. The molecule has 0 aromatic heterocycles. The van der Waals surface area contributed by atoms with Crippen molar-refractivity contribution in [3.63, 3.8) is 0 Å². The maximum Gasteiger partial charge on any atom is 0.295 e. The first kappa shape index (κ1) is 13.6. The number of terminal acetylenes is 1. The normalized spacial score (nSPS) is 9.56. The molecule has 1 amide bonds. The maximum absolute atomic E-state index is 13.4. The molecule has 0 spiro atoms. The molecule has 0 unspecified atom stereocenters.